The third-order valence-corrected chi connectivity index (χ3v) is 6.61. The second-order valence-corrected chi connectivity index (χ2v) is 9.22. The van der Waals surface area contributed by atoms with E-state index in [1.165, 1.54) is 58.8 Å². The first-order valence-corrected chi connectivity index (χ1v) is 13.0. The summed E-state index contributed by atoms with van der Waals surface area (Å²) in [5.74, 6) is -1.63. The van der Waals surface area contributed by atoms with E-state index in [-0.39, 0.29) is 34.1 Å². The number of ketones is 2. The van der Waals surface area contributed by atoms with E-state index in [0.717, 1.165) is 16.7 Å². The number of carbonyl (C=O) groups is 2. The fraction of sp³-hybridized carbons (Fsp3) is 0.118. The molecule has 0 unspecified atom stereocenters. The summed E-state index contributed by atoms with van der Waals surface area (Å²) in [6.07, 6.45) is 5.82. The van der Waals surface area contributed by atoms with Gasteiger partial charge in [-0.3, -0.25) is 9.59 Å². The minimum absolute atomic E-state index is 0.0365. The number of allylic oxidation sites excluding steroid dienone is 2. The molecular weight excluding hydrogens is 552 g/mol. The molecule has 0 fully saturated rings. The highest BCUT2D eigenvalue weighted by Crippen LogP contribution is 2.44. The van der Waals surface area contributed by atoms with Gasteiger partial charge in [0.05, 0.1) is 28.4 Å². The predicted molar refractivity (Wildman–Crippen MR) is 163 cm³/mol. The van der Waals surface area contributed by atoms with E-state index in [9.17, 15) is 24.9 Å². The molecular formula is C34H30O9. The van der Waals surface area contributed by atoms with Crippen molar-refractivity contribution in [3.63, 3.8) is 0 Å². The molecule has 0 bridgehead atoms. The van der Waals surface area contributed by atoms with Gasteiger partial charge in [0.2, 0.25) is 5.75 Å². The molecule has 0 aliphatic rings. The van der Waals surface area contributed by atoms with Gasteiger partial charge in [0.15, 0.2) is 23.1 Å². The van der Waals surface area contributed by atoms with Crippen LogP contribution in [0.4, 0.5) is 0 Å². The third kappa shape index (κ3) is 6.62. The van der Waals surface area contributed by atoms with Crippen LogP contribution >= 0.6 is 0 Å². The summed E-state index contributed by atoms with van der Waals surface area (Å²) in [7, 11) is 5.53. The van der Waals surface area contributed by atoms with E-state index >= 15 is 0 Å². The molecule has 9 nitrogen and oxygen atoms in total. The second-order valence-electron chi connectivity index (χ2n) is 9.22. The zero-order valence-electron chi connectivity index (χ0n) is 24.0. The number of aromatic hydroxyl groups is 3. The molecule has 0 heterocycles. The Labute approximate surface area is 248 Å². The number of benzene rings is 4. The van der Waals surface area contributed by atoms with Crippen molar-refractivity contribution in [1.82, 2.24) is 0 Å². The Kier molecular flexibility index (Phi) is 9.37. The lowest BCUT2D eigenvalue weighted by molar-refractivity contribution is 0.103. The molecule has 0 atom stereocenters. The molecule has 0 aromatic heterocycles. The first-order chi connectivity index (χ1) is 20.7. The molecule has 0 amide bonds. The molecule has 43 heavy (non-hydrogen) atoms. The molecule has 0 saturated carbocycles. The molecule has 4 aromatic rings. The van der Waals surface area contributed by atoms with Gasteiger partial charge in [-0.05, 0) is 40.5 Å². The topological polar surface area (TPSA) is 132 Å². The van der Waals surface area contributed by atoms with Gasteiger partial charge in [0, 0.05) is 18.2 Å². The summed E-state index contributed by atoms with van der Waals surface area (Å²) in [4.78, 5) is 25.6. The standard InChI is InChI=1S/C34H30O9/c1-40-24-17-27(37)31(29(18-24)41-2)25(35)15-11-21-6-5-7-23(16-21)22-12-8-20(9-13-22)10-14-26(36)32-28(38)19-30(42-3)34(43-4)33(32)39/h5-19,37-39H,1-4H3/b14-10+,15-11+. The van der Waals surface area contributed by atoms with Gasteiger partial charge >= 0.3 is 0 Å². The molecule has 4 rings (SSSR count). The van der Waals surface area contributed by atoms with Crippen LogP contribution in [0.3, 0.4) is 0 Å². The fourth-order valence-corrected chi connectivity index (χ4v) is 4.43. The Morgan fingerprint density at radius 3 is 1.86 bits per heavy atom. The smallest absolute Gasteiger partial charge is 0.204 e. The number of hydrogen-bond donors (Lipinski definition) is 3. The number of carbonyl (C=O) groups excluding carboxylic acids is 2. The first kappa shape index (κ1) is 30.3. The summed E-state index contributed by atoms with van der Waals surface area (Å²) in [5, 5.41) is 31.1. The summed E-state index contributed by atoms with van der Waals surface area (Å²) < 4.78 is 20.5. The fourth-order valence-electron chi connectivity index (χ4n) is 4.43. The monoisotopic (exact) mass is 582 g/mol. The van der Waals surface area contributed by atoms with Gasteiger partial charge in [-0.2, -0.15) is 0 Å². The summed E-state index contributed by atoms with van der Waals surface area (Å²) in [6, 6.07) is 19.0. The molecule has 0 radical (unpaired) electrons. The van der Waals surface area contributed by atoms with Crippen LogP contribution in [-0.2, 0) is 0 Å². The van der Waals surface area contributed by atoms with Gasteiger partial charge in [0.25, 0.3) is 0 Å². The number of rotatable bonds is 11. The van der Waals surface area contributed by atoms with Crippen molar-refractivity contribution in [2.45, 2.75) is 0 Å². The van der Waals surface area contributed by atoms with Gasteiger partial charge < -0.3 is 34.3 Å². The highest BCUT2D eigenvalue weighted by atomic mass is 16.5. The van der Waals surface area contributed by atoms with Crippen molar-refractivity contribution in [3.05, 3.63) is 101 Å². The van der Waals surface area contributed by atoms with Crippen molar-refractivity contribution in [2.75, 3.05) is 28.4 Å². The lowest BCUT2D eigenvalue weighted by Crippen LogP contribution is -2.00. The molecule has 220 valence electrons. The summed E-state index contributed by atoms with van der Waals surface area (Å²) in [6.45, 7) is 0. The molecule has 0 saturated heterocycles. The number of phenolic OH excluding ortho intramolecular Hbond substituents is 3. The lowest BCUT2D eigenvalue weighted by atomic mass is 10.0. The first-order valence-electron chi connectivity index (χ1n) is 13.0. The third-order valence-electron chi connectivity index (χ3n) is 6.61. The van der Waals surface area contributed by atoms with E-state index in [2.05, 4.69) is 0 Å². The summed E-state index contributed by atoms with van der Waals surface area (Å²) in [5.41, 5.74) is 3.01. The second kappa shape index (κ2) is 13.3. The molecule has 0 aliphatic heterocycles. The molecule has 0 spiro atoms. The zero-order chi connectivity index (χ0) is 31.1. The average molecular weight is 583 g/mol. The highest BCUT2D eigenvalue weighted by Gasteiger charge is 2.23. The summed E-state index contributed by atoms with van der Waals surface area (Å²) >= 11 is 0. The molecule has 9 heteroatoms. The maximum atomic E-state index is 12.9. The maximum absolute atomic E-state index is 12.9. The van der Waals surface area contributed by atoms with Crippen LogP contribution in [-0.4, -0.2) is 55.3 Å². The molecule has 0 aliphatic carbocycles. The van der Waals surface area contributed by atoms with Crippen LogP contribution in [0.1, 0.15) is 31.8 Å². The Morgan fingerprint density at radius 1 is 0.605 bits per heavy atom. The number of phenols is 3. The number of methoxy groups -OCH3 is 4. The number of hydrogen-bond acceptors (Lipinski definition) is 9. The average Bonchev–Trinajstić information content (AvgIpc) is 3.02. The van der Waals surface area contributed by atoms with Crippen LogP contribution in [0.5, 0.6) is 40.2 Å². The van der Waals surface area contributed by atoms with Gasteiger partial charge in [-0.25, -0.2) is 0 Å². The van der Waals surface area contributed by atoms with Gasteiger partial charge in [-0.1, -0.05) is 54.6 Å². The van der Waals surface area contributed by atoms with Crippen LogP contribution in [0.2, 0.25) is 0 Å². The predicted octanol–water partition coefficient (Wildman–Crippen LogP) is 6.30. The Morgan fingerprint density at radius 2 is 1.23 bits per heavy atom. The highest BCUT2D eigenvalue weighted by molar-refractivity contribution is 6.11. The van der Waals surface area contributed by atoms with Crippen LogP contribution in [0.15, 0.2) is 78.9 Å². The van der Waals surface area contributed by atoms with Gasteiger partial charge in [0.1, 0.15) is 34.1 Å². The van der Waals surface area contributed by atoms with Crippen molar-refractivity contribution >= 4 is 23.7 Å². The van der Waals surface area contributed by atoms with Crippen LogP contribution in [0, 0.1) is 0 Å². The largest absolute Gasteiger partial charge is 0.507 e. The Bertz CT molecular complexity index is 1720. The van der Waals surface area contributed by atoms with E-state index < -0.39 is 23.1 Å². The lowest BCUT2D eigenvalue weighted by Gasteiger charge is -2.13. The van der Waals surface area contributed by atoms with E-state index in [4.69, 9.17) is 18.9 Å². The Hall–Kier alpha value is -5.70. The van der Waals surface area contributed by atoms with Crippen molar-refractivity contribution in [2.24, 2.45) is 0 Å². The zero-order valence-corrected chi connectivity index (χ0v) is 24.0. The normalized spacial score (nSPS) is 11.1. The van der Waals surface area contributed by atoms with E-state index in [1.54, 1.807) is 12.2 Å². The van der Waals surface area contributed by atoms with Crippen molar-refractivity contribution in [1.29, 1.82) is 0 Å². The van der Waals surface area contributed by atoms with Crippen molar-refractivity contribution in [3.8, 4) is 51.4 Å². The maximum Gasteiger partial charge on any atom is 0.204 e. The number of ether oxygens (including phenoxy) is 4. The van der Waals surface area contributed by atoms with Crippen LogP contribution < -0.4 is 18.9 Å². The van der Waals surface area contributed by atoms with Crippen molar-refractivity contribution < 1.29 is 43.9 Å². The quantitative estimate of drug-likeness (QED) is 0.138. The Balaban J connectivity index is 1.50. The molecule has 3 N–H and O–H groups in total. The van der Waals surface area contributed by atoms with E-state index in [1.807, 2.05) is 48.5 Å². The molecule has 4 aromatic carbocycles. The minimum atomic E-state index is -0.616. The van der Waals surface area contributed by atoms with E-state index in [0.29, 0.717) is 11.3 Å². The SMILES string of the molecule is COc1cc(O)c(C(=O)/C=C/c2cccc(-c3ccc(/C=C/C(=O)c4c(O)cc(OC)c(OC)c4O)cc3)c2)c(OC)c1. The minimum Gasteiger partial charge on any atom is -0.507 e. The van der Waals surface area contributed by atoms with Gasteiger partial charge in [-0.15, -0.1) is 0 Å². The van der Waals surface area contributed by atoms with Crippen LogP contribution in [0.25, 0.3) is 23.3 Å².